The van der Waals surface area contributed by atoms with Crippen LogP contribution in [0, 0.1) is 0 Å². The molecule has 1 aliphatic rings. The van der Waals surface area contributed by atoms with Gasteiger partial charge in [0.05, 0.1) is 19.8 Å². The van der Waals surface area contributed by atoms with Crippen LogP contribution in [-0.2, 0) is 24.5 Å². The van der Waals surface area contributed by atoms with Crippen LogP contribution in [0.25, 0.3) is 11.5 Å². The van der Waals surface area contributed by atoms with Gasteiger partial charge in [-0.2, -0.15) is 4.98 Å². The largest absolute Gasteiger partial charge is 0.372 e. The lowest BCUT2D eigenvalue weighted by atomic mass is 10.1. The lowest BCUT2D eigenvalue weighted by Crippen LogP contribution is -2.12. The zero-order valence-corrected chi connectivity index (χ0v) is 10.3. The summed E-state index contributed by atoms with van der Waals surface area (Å²) < 4.78 is 10.7. The van der Waals surface area contributed by atoms with Gasteiger partial charge in [0.2, 0.25) is 0 Å². The molecule has 0 saturated carbocycles. The molecule has 2 aromatic rings. The second-order valence-electron chi connectivity index (χ2n) is 4.27. The summed E-state index contributed by atoms with van der Waals surface area (Å²) in [4.78, 5) is 4.36. The first-order valence-electron chi connectivity index (χ1n) is 6.10. The number of hydrogen-bond donors (Lipinski definition) is 1. The summed E-state index contributed by atoms with van der Waals surface area (Å²) >= 11 is 0. The Labute approximate surface area is 105 Å². The number of rotatable bonds is 4. The van der Waals surface area contributed by atoms with Crippen LogP contribution >= 0.6 is 0 Å². The molecule has 0 radical (unpaired) electrons. The maximum atomic E-state index is 5.39. The zero-order valence-electron chi connectivity index (χ0n) is 10.3. The van der Waals surface area contributed by atoms with E-state index in [1.165, 1.54) is 11.1 Å². The summed E-state index contributed by atoms with van der Waals surface area (Å²) in [6.45, 7) is 4.93. The summed E-state index contributed by atoms with van der Waals surface area (Å²) in [7, 11) is 0. The molecule has 18 heavy (non-hydrogen) atoms. The normalized spacial score (nSPS) is 13.8. The fourth-order valence-corrected chi connectivity index (χ4v) is 1.98. The molecular formula is C13H15N3O2. The van der Waals surface area contributed by atoms with Crippen molar-refractivity contribution >= 4 is 0 Å². The number of benzene rings is 1. The van der Waals surface area contributed by atoms with Crippen LogP contribution in [0.3, 0.4) is 0 Å². The van der Waals surface area contributed by atoms with Gasteiger partial charge >= 0.3 is 0 Å². The van der Waals surface area contributed by atoms with E-state index < -0.39 is 0 Å². The molecule has 5 nitrogen and oxygen atoms in total. The molecule has 0 saturated heterocycles. The molecule has 0 spiro atoms. The Morgan fingerprint density at radius 1 is 1.28 bits per heavy atom. The quantitative estimate of drug-likeness (QED) is 0.891. The summed E-state index contributed by atoms with van der Waals surface area (Å²) in [6, 6.07) is 6.12. The van der Waals surface area contributed by atoms with E-state index in [4.69, 9.17) is 9.26 Å². The minimum Gasteiger partial charge on any atom is -0.372 e. The van der Waals surface area contributed by atoms with Gasteiger partial charge in [-0.1, -0.05) is 18.1 Å². The van der Waals surface area contributed by atoms with E-state index in [1.807, 2.05) is 13.0 Å². The minimum atomic E-state index is 0.567. The van der Waals surface area contributed by atoms with E-state index in [9.17, 15) is 0 Å². The number of fused-ring (bicyclic) bond motifs is 1. The molecule has 94 valence electrons. The lowest BCUT2D eigenvalue weighted by Gasteiger charge is -1.98. The average Bonchev–Trinajstić information content (AvgIpc) is 3.04. The predicted molar refractivity (Wildman–Crippen MR) is 65.6 cm³/mol. The van der Waals surface area contributed by atoms with Gasteiger partial charge in [0.15, 0.2) is 5.82 Å². The van der Waals surface area contributed by atoms with Gasteiger partial charge in [-0.15, -0.1) is 0 Å². The molecule has 1 aromatic carbocycles. The van der Waals surface area contributed by atoms with Crippen molar-refractivity contribution in [1.82, 2.24) is 15.5 Å². The van der Waals surface area contributed by atoms with Gasteiger partial charge < -0.3 is 14.6 Å². The molecule has 0 amide bonds. The number of nitrogens with zero attached hydrogens (tertiary/aromatic N) is 2. The Morgan fingerprint density at radius 2 is 2.17 bits per heavy atom. The molecule has 2 heterocycles. The zero-order chi connectivity index (χ0) is 12.4. The third-order valence-electron chi connectivity index (χ3n) is 2.97. The average molecular weight is 245 g/mol. The molecule has 1 aromatic heterocycles. The Balaban J connectivity index is 1.83. The van der Waals surface area contributed by atoms with Gasteiger partial charge in [0.25, 0.3) is 5.89 Å². The van der Waals surface area contributed by atoms with Crippen LogP contribution in [-0.4, -0.2) is 16.7 Å². The number of nitrogens with one attached hydrogen (secondary N) is 1. The SMILES string of the molecule is CCNCc1noc(-c2ccc3c(c2)COC3)n1. The standard InChI is InChI=1S/C13H15N3O2/c1-2-14-6-12-15-13(18-16-12)9-3-4-10-7-17-8-11(10)5-9/h3-5,14H,2,6-8H2,1H3. The Bertz CT molecular complexity index is 551. The lowest BCUT2D eigenvalue weighted by molar-refractivity contribution is 0.134. The van der Waals surface area contributed by atoms with E-state index >= 15 is 0 Å². The van der Waals surface area contributed by atoms with Crippen LogP contribution in [0.15, 0.2) is 22.7 Å². The monoisotopic (exact) mass is 245 g/mol. The highest BCUT2D eigenvalue weighted by Gasteiger charge is 2.14. The Hall–Kier alpha value is -1.72. The fraction of sp³-hybridized carbons (Fsp3) is 0.385. The van der Waals surface area contributed by atoms with Gasteiger partial charge in [-0.25, -0.2) is 0 Å². The highest BCUT2D eigenvalue weighted by Crippen LogP contribution is 2.25. The van der Waals surface area contributed by atoms with Gasteiger partial charge in [-0.3, -0.25) is 0 Å². The van der Waals surface area contributed by atoms with Crippen LogP contribution in [0.1, 0.15) is 23.9 Å². The van der Waals surface area contributed by atoms with Crippen LogP contribution in [0.5, 0.6) is 0 Å². The molecular weight excluding hydrogens is 230 g/mol. The fourth-order valence-electron chi connectivity index (χ4n) is 1.98. The van der Waals surface area contributed by atoms with E-state index in [0.717, 1.165) is 12.1 Å². The van der Waals surface area contributed by atoms with Crippen molar-refractivity contribution in [1.29, 1.82) is 0 Å². The van der Waals surface area contributed by atoms with E-state index in [1.54, 1.807) is 0 Å². The molecule has 0 unspecified atom stereocenters. The summed E-state index contributed by atoms with van der Waals surface area (Å²) in [5, 5.41) is 7.11. The number of hydrogen-bond acceptors (Lipinski definition) is 5. The predicted octanol–water partition coefficient (Wildman–Crippen LogP) is 1.88. The van der Waals surface area contributed by atoms with Crippen molar-refractivity contribution < 1.29 is 9.26 Å². The van der Waals surface area contributed by atoms with Crippen LogP contribution in [0.2, 0.25) is 0 Å². The third-order valence-corrected chi connectivity index (χ3v) is 2.97. The van der Waals surface area contributed by atoms with Crippen molar-refractivity contribution in [3.8, 4) is 11.5 Å². The molecule has 1 N–H and O–H groups in total. The third kappa shape index (κ3) is 2.14. The summed E-state index contributed by atoms with van der Waals surface area (Å²) in [5.41, 5.74) is 3.40. The van der Waals surface area contributed by atoms with Gasteiger partial charge in [0.1, 0.15) is 0 Å². The molecule has 5 heteroatoms. The van der Waals surface area contributed by atoms with Crippen molar-refractivity contribution in [2.75, 3.05) is 6.54 Å². The molecule has 0 aliphatic carbocycles. The summed E-state index contributed by atoms with van der Waals surface area (Å²) in [5.74, 6) is 1.25. The smallest absolute Gasteiger partial charge is 0.257 e. The summed E-state index contributed by atoms with van der Waals surface area (Å²) in [6.07, 6.45) is 0. The van der Waals surface area contributed by atoms with E-state index in [-0.39, 0.29) is 0 Å². The molecule has 0 atom stereocenters. The highest BCUT2D eigenvalue weighted by molar-refractivity contribution is 5.56. The van der Waals surface area contributed by atoms with Crippen LogP contribution < -0.4 is 5.32 Å². The second kappa shape index (κ2) is 4.88. The van der Waals surface area contributed by atoms with Gasteiger partial charge in [0, 0.05) is 5.56 Å². The van der Waals surface area contributed by atoms with E-state index in [0.29, 0.717) is 31.5 Å². The Morgan fingerprint density at radius 3 is 3.06 bits per heavy atom. The molecule has 0 fully saturated rings. The van der Waals surface area contributed by atoms with Crippen molar-refractivity contribution in [3.05, 3.63) is 35.2 Å². The topological polar surface area (TPSA) is 60.2 Å². The Kier molecular flexibility index (Phi) is 3.08. The number of ether oxygens (including phenoxy) is 1. The maximum Gasteiger partial charge on any atom is 0.257 e. The van der Waals surface area contributed by atoms with Gasteiger partial charge in [-0.05, 0) is 29.8 Å². The minimum absolute atomic E-state index is 0.567. The van der Waals surface area contributed by atoms with Crippen molar-refractivity contribution in [2.45, 2.75) is 26.7 Å². The first-order valence-corrected chi connectivity index (χ1v) is 6.10. The molecule has 0 bridgehead atoms. The van der Waals surface area contributed by atoms with Crippen molar-refractivity contribution in [2.24, 2.45) is 0 Å². The number of aromatic nitrogens is 2. The first kappa shape index (κ1) is 11.4. The first-order chi connectivity index (χ1) is 8.86. The van der Waals surface area contributed by atoms with Crippen LogP contribution in [0.4, 0.5) is 0 Å². The van der Waals surface area contributed by atoms with E-state index in [2.05, 4.69) is 27.6 Å². The molecule has 1 aliphatic heterocycles. The maximum absolute atomic E-state index is 5.39. The van der Waals surface area contributed by atoms with Crippen molar-refractivity contribution in [3.63, 3.8) is 0 Å². The second-order valence-corrected chi connectivity index (χ2v) is 4.27. The molecule has 3 rings (SSSR count). The highest BCUT2D eigenvalue weighted by atomic mass is 16.5.